The number of carbonyl (C=O) groups is 1. The number of esters is 1. The second kappa shape index (κ2) is 10.8. The molecule has 0 aromatic heterocycles. The molecule has 8 heteroatoms. The topological polar surface area (TPSA) is 47.6 Å². The van der Waals surface area contributed by atoms with E-state index in [0.29, 0.717) is 17.2 Å². The first kappa shape index (κ1) is 23.3. The zero-order chi connectivity index (χ0) is 23.0. The van der Waals surface area contributed by atoms with Gasteiger partial charge in [-0.2, -0.15) is 13.2 Å². The van der Waals surface area contributed by atoms with Crippen molar-refractivity contribution in [1.29, 1.82) is 0 Å². The van der Waals surface area contributed by atoms with E-state index in [1.54, 1.807) is 60.7 Å². The molecular formula is C24H20F3NO3S. The predicted molar refractivity (Wildman–Crippen MR) is 119 cm³/mol. The third-order valence-electron chi connectivity index (χ3n) is 4.22. The van der Waals surface area contributed by atoms with Crippen LogP contribution in [0.4, 0.5) is 18.9 Å². The highest BCUT2D eigenvalue weighted by molar-refractivity contribution is 8.02. The lowest BCUT2D eigenvalue weighted by molar-refractivity contribution is -0.148. The number of rotatable bonds is 8. The maximum atomic E-state index is 13.7. The first-order valence-electron chi connectivity index (χ1n) is 9.53. The predicted octanol–water partition coefficient (Wildman–Crippen LogP) is 6.77. The van der Waals surface area contributed by atoms with Crippen molar-refractivity contribution in [3.63, 3.8) is 0 Å². The van der Waals surface area contributed by atoms with Crippen LogP contribution in [0.1, 0.15) is 5.56 Å². The van der Waals surface area contributed by atoms with E-state index in [4.69, 9.17) is 4.74 Å². The number of hydrogen-bond acceptors (Lipinski definition) is 5. The molecule has 0 saturated carbocycles. The quantitative estimate of drug-likeness (QED) is 0.298. The average Bonchev–Trinajstić information content (AvgIpc) is 2.79. The highest BCUT2D eigenvalue weighted by Gasteiger charge is 2.42. The lowest BCUT2D eigenvalue weighted by Crippen LogP contribution is -2.25. The van der Waals surface area contributed by atoms with E-state index >= 15 is 0 Å². The zero-order valence-electron chi connectivity index (χ0n) is 17.1. The van der Waals surface area contributed by atoms with Crippen LogP contribution in [-0.4, -0.2) is 19.3 Å². The Morgan fingerprint density at radius 3 is 2.00 bits per heavy atom. The minimum atomic E-state index is -4.89. The third-order valence-corrected chi connectivity index (χ3v) is 5.29. The molecule has 3 aromatic rings. The first-order chi connectivity index (χ1) is 15.4. The molecule has 0 bridgehead atoms. The Kier molecular flexibility index (Phi) is 7.83. The SMILES string of the molecule is COC(=O)C(=C(Nc1ccc(Oc2ccccc2)cc1)SCc1ccccc1)C(F)(F)F. The monoisotopic (exact) mass is 459 g/mol. The van der Waals surface area contributed by atoms with Gasteiger partial charge in [-0.3, -0.25) is 0 Å². The number of para-hydroxylation sites is 1. The lowest BCUT2D eigenvalue weighted by Gasteiger charge is -2.18. The van der Waals surface area contributed by atoms with Crippen molar-refractivity contribution >= 4 is 23.4 Å². The molecule has 0 heterocycles. The number of carbonyl (C=O) groups excluding carboxylic acids is 1. The smallest absolute Gasteiger partial charge is 0.425 e. The minimum absolute atomic E-state index is 0.231. The van der Waals surface area contributed by atoms with Gasteiger partial charge in [0.1, 0.15) is 11.5 Å². The molecular weight excluding hydrogens is 439 g/mol. The molecule has 0 saturated heterocycles. The summed E-state index contributed by atoms with van der Waals surface area (Å²) in [6, 6.07) is 24.5. The number of ether oxygens (including phenoxy) is 2. The summed E-state index contributed by atoms with van der Waals surface area (Å²) in [5, 5.41) is 2.39. The van der Waals surface area contributed by atoms with Crippen molar-refractivity contribution in [1.82, 2.24) is 0 Å². The van der Waals surface area contributed by atoms with Gasteiger partial charge in [0.15, 0.2) is 5.57 Å². The van der Waals surface area contributed by atoms with Gasteiger partial charge in [0.05, 0.1) is 12.1 Å². The largest absolute Gasteiger partial charge is 0.465 e. The van der Waals surface area contributed by atoms with Crippen molar-refractivity contribution in [2.24, 2.45) is 0 Å². The van der Waals surface area contributed by atoms with Crippen LogP contribution < -0.4 is 10.1 Å². The lowest BCUT2D eigenvalue weighted by atomic mass is 10.2. The van der Waals surface area contributed by atoms with E-state index in [1.165, 1.54) is 0 Å². The Labute approximate surface area is 188 Å². The Hall–Kier alpha value is -3.39. The third kappa shape index (κ3) is 6.55. The fourth-order valence-corrected chi connectivity index (χ4v) is 3.74. The zero-order valence-corrected chi connectivity index (χ0v) is 17.9. The Bertz CT molecular complexity index is 1050. The number of anilines is 1. The van der Waals surface area contributed by atoms with E-state index in [1.807, 2.05) is 24.3 Å². The van der Waals surface area contributed by atoms with E-state index in [9.17, 15) is 18.0 Å². The van der Waals surface area contributed by atoms with E-state index in [0.717, 1.165) is 24.4 Å². The van der Waals surface area contributed by atoms with Gasteiger partial charge in [0.2, 0.25) is 0 Å². The Morgan fingerprint density at radius 1 is 0.875 bits per heavy atom. The second-order valence-corrected chi connectivity index (χ2v) is 7.52. The van der Waals surface area contributed by atoms with Crippen LogP contribution in [0.5, 0.6) is 11.5 Å². The number of halogens is 3. The normalized spacial score (nSPS) is 12.0. The number of benzene rings is 3. The molecule has 0 radical (unpaired) electrons. The van der Waals surface area contributed by atoms with Gasteiger partial charge in [-0.05, 0) is 42.0 Å². The maximum Gasteiger partial charge on any atom is 0.425 e. The van der Waals surface area contributed by atoms with Crippen molar-refractivity contribution in [2.75, 3.05) is 12.4 Å². The summed E-state index contributed by atoms with van der Waals surface area (Å²) in [4.78, 5) is 12.0. The molecule has 3 rings (SSSR count). The first-order valence-corrected chi connectivity index (χ1v) is 10.5. The van der Waals surface area contributed by atoms with Crippen LogP contribution in [-0.2, 0) is 15.3 Å². The number of methoxy groups -OCH3 is 1. The number of nitrogens with one attached hydrogen (secondary N) is 1. The summed E-state index contributed by atoms with van der Waals surface area (Å²) in [6.07, 6.45) is -4.89. The number of thioether (sulfide) groups is 1. The van der Waals surface area contributed by atoms with Gasteiger partial charge in [0.25, 0.3) is 0 Å². The molecule has 4 nitrogen and oxygen atoms in total. The molecule has 0 aliphatic rings. The van der Waals surface area contributed by atoms with E-state index in [-0.39, 0.29) is 10.8 Å². The minimum Gasteiger partial charge on any atom is -0.465 e. The molecule has 166 valence electrons. The van der Waals surface area contributed by atoms with E-state index < -0.39 is 17.7 Å². The van der Waals surface area contributed by atoms with Crippen molar-refractivity contribution in [2.45, 2.75) is 11.9 Å². The Balaban J connectivity index is 1.85. The van der Waals surface area contributed by atoms with Gasteiger partial charge >= 0.3 is 12.1 Å². The molecule has 0 amide bonds. The summed E-state index contributed by atoms with van der Waals surface area (Å²) < 4.78 is 51.2. The summed E-state index contributed by atoms with van der Waals surface area (Å²) in [7, 11) is 0.920. The van der Waals surface area contributed by atoms with Crippen molar-refractivity contribution < 1.29 is 27.4 Å². The van der Waals surface area contributed by atoms with Crippen LogP contribution in [0, 0.1) is 0 Å². The van der Waals surface area contributed by atoms with Gasteiger partial charge in [-0.1, -0.05) is 48.5 Å². The molecule has 3 aromatic carbocycles. The van der Waals surface area contributed by atoms with E-state index in [2.05, 4.69) is 10.1 Å². The van der Waals surface area contributed by atoms with Crippen molar-refractivity contribution in [3.8, 4) is 11.5 Å². The molecule has 0 atom stereocenters. The molecule has 0 fully saturated rings. The summed E-state index contributed by atoms with van der Waals surface area (Å²) in [6.45, 7) is 0. The molecule has 0 unspecified atom stereocenters. The Morgan fingerprint density at radius 2 is 1.44 bits per heavy atom. The molecule has 32 heavy (non-hydrogen) atoms. The van der Waals surface area contributed by atoms with Crippen LogP contribution >= 0.6 is 11.8 Å². The van der Waals surface area contributed by atoms with Crippen LogP contribution in [0.25, 0.3) is 0 Å². The maximum absolute atomic E-state index is 13.7. The van der Waals surface area contributed by atoms with Gasteiger partial charge < -0.3 is 14.8 Å². The highest BCUT2D eigenvalue weighted by atomic mass is 32.2. The standard InChI is InChI=1S/C24H20F3NO3S/c1-30-23(29)21(24(25,26)27)22(32-16-17-8-4-2-5-9-17)28-18-12-14-20(15-13-18)31-19-10-6-3-7-11-19/h2-15,28H,16H2,1H3. The summed E-state index contributed by atoms with van der Waals surface area (Å²) in [5.74, 6) is -0.0651. The molecule has 0 aliphatic carbocycles. The van der Waals surface area contributed by atoms with Crippen LogP contribution in [0.3, 0.4) is 0 Å². The molecule has 1 N–H and O–H groups in total. The molecule has 0 spiro atoms. The van der Waals surface area contributed by atoms with Gasteiger partial charge in [-0.25, -0.2) is 4.79 Å². The molecule has 0 aliphatic heterocycles. The van der Waals surface area contributed by atoms with Gasteiger partial charge in [0, 0.05) is 11.4 Å². The summed E-state index contributed by atoms with van der Waals surface area (Å²) in [5.41, 5.74) is -0.202. The highest BCUT2D eigenvalue weighted by Crippen LogP contribution is 2.36. The number of hydrogen-bond donors (Lipinski definition) is 1. The second-order valence-electron chi connectivity index (χ2n) is 6.53. The van der Waals surface area contributed by atoms with Crippen LogP contribution in [0.2, 0.25) is 0 Å². The fraction of sp³-hybridized carbons (Fsp3) is 0.125. The van der Waals surface area contributed by atoms with Gasteiger partial charge in [-0.15, -0.1) is 11.8 Å². The summed E-state index contributed by atoms with van der Waals surface area (Å²) >= 11 is 0.871. The fourth-order valence-electron chi connectivity index (χ4n) is 2.70. The van der Waals surface area contributed by atoms with Crippen molar-refractivity contribution in [3.05, 3.63) is 101 Å². The van der Waals surface area contributed by atoms with Crippen LogP contribution in [0.15, 0.2) is 95.5 Å². The number of alkyl halides is 3. The average molecular weight is 459 g/mol.